The van der Waals surface area contributed by atoms with Crippen LogP contribution in [0.4, 0.5) is 0 Å². The van der Waals surface area contributed by atoms with Crippen LogP contribution in [0.3, 0.4) is 0 Å². The fourth-order valence-corrected chi connectivity index (χ4v) is 11.2. The molecule has 7 rings (SSSR count). The van der Waals surface area contributed by atoms with Gasteiger partial charge in [0.1, 0.15) is 55.4 Å². The van der Waals surface area contributed by atoms with Crippen LogP contribution < -0.4 is 0 Å². The quantitative estimate of drug-likeness (QED) is 0.0986. The van der Waals surface area contributed by atoms with Gasteiger partial charge in [0.15, 0.2) is 12.6 Å². The number of carbonyl (C=O) groups is 1. The van der Waals surface area contributed by atoms with Crippen molar-refractivity contribution in [3.63, 3.8) is 0 Å². The molecule has 0 spiro atoms. The van der Waals surface area contributed by atoms with Crippen LogP contribution in [0.1, 0.15) is 78.1 Å². The highest BCUT2D eigenvalue weighted by molar-refractivity contribution is 5.76. The first-order chi connectivity index (χ1) is 23.3. The highest BCUT2D eigenvalue weighted by atomic mass is 16.8. The Morgan fingerprint density at radius 2 is 1.47 bits per heavy atom. The van der Waals surface area contributed by atoms with E-state index in [9.17, 15) is 45.6 Å². The van der Waals surface area contributed by atoms with Crippen molar-refractivity contribution in [2.24, 2.45) is 28.6 Å². The molecular formula is C35H54O14. The first-order valence-corrected chi connectivity index (χ1v) is 18.1. The van der Waals surface area contributed by atoms with Crippen LogP contribution >= 0.6 is 0 Å². The molecule has 0 aromatic rings. The van der Waals surface area contributed by atoms with Gasteiger partial charge in [0.25, 0.3) is 0 Å². The van der Waals surface area contributed by atoms with Crippen molar-refractivity contribution in [2.75, 3.05) is 19.8 Å². The van der Waals surface area contributed by atoms with E-state index in [1.165, 1.54) is 5.57 Å². The fraction of sp³-hybridized carbons (Fsp3) is 0.914. The van der Waals surface area contributed by atoms with Crippen molar-refractivity contribution in [1.82, 2.24) is 0 Å². The summed E-state index contributed by atoms with van der Waals surface area (Å²) in [5.74, 6) is 0.560. The molecule has 4 saturated carbocycles. The second-order valence-corrected chi connectivity index (χ2v) is 16.2. The second-order valence-electron chi connectivity index (χ2n) is 16.2. The normalized spacial score (nSPS) is 54.6. The van der Waals surface area contributed by atoms with Crippen LogP contribution in [-0.2, 0) is 28.5 Å². The van der Waals surface area contributed by atoms with Gasteiger partial charge in [-0.2, -0.15) is 0 Å². The average Bonchev–Trinajstić information content (AvgIpc) is 3.63. The van der Waals surface area contributed by atoms with E-state index in [1.807, 2.05) is 0 Å². The first kappa shape index (κ1) is 36.1. The molecule has 14 nitrogen and oxygen atoms in total. The van der Waals surface area contributed by atoms with E-state index in [0.717, 1.165) is 44.1 Å². The molecule has 0 radical (unpaired) electrons. The molecule has 0 unspecified atom stereocenters. The summed E-state index contributed by atoms with van der Waals surface area (Å²) in [6.07, 6.45) is -7.60. The second kappa shape index (κ2) is 13.3. The number of aliphatic hydroxyl groups is 8. The zero-order valence-corrected chi connectivity index (χ0v) is 28.3. The van der Waals surface area contributed by atoms with Crippen LogP contribution in [0.5, 0.6) is 0 Å². The van der Waals surface area contributed by atoms with E-state index in [0.29, 0.717) is 38.2 Å². The van der Waals surface area contributed by atoms with Crippen molar-refractivity contribution in [2.45, 2.75) is 151 Å². The number of carbonyl (C=O) groups excluding carboxylic acids is 1. The van der Waals surface area contributed by atoms with Gasteiger partial charge in [-0.3, -0.25) is 4.79 Å². The lowest BCUT2D eigenvalue weighted by Gasteiger charge is -2.63. The highest BCUT2D eigenvalue weighted by Gasteiger charge is 2.66. The lowest BCUT2D eigenvalue weighted by molar-refractivity contribution is -0.373. The van der Waals surface area contributed by atoms with Crippen LogP contribution in [0.25, 0.3) is 0 Å². The van der Waals surface area contributed by atoms with E-state index in [2.05, 4.69) is 13.8 Å². The van der Waals surface area contributed by atoms with E-state index in [4.69, 9.17) is 23.7 Å². The third-order valence-corrected chi connectivity index (χ3v) is 14.1. The molecule has 14 heteroatoms. The molecule has 8 N–H and O–H groups in total. The smallest absolute Gasteiger partial charge is 0.310 e. The molecule has 7 fully saturated rings. The van der Waals surface area contributed by atoms with E-state index < -0.39 is 80.2 Å². The number of ether oxygens (including phenoxy) is 5. The number of esters is 1. The molecule has 7 aliphatic rings. The van der Waals surface area contributed by atoms with Gasteiger partial charge in [0.2, 0.25) is 0 Å². The van der Waals surface area contributed by atoms with Crippen molar-refractivity contribution in [3.8, 4) is 0 Å². The third-order valence-electron chi connectivity index (χ3n) is 14.1. The van der Waals surface area contributed by atoms with Gasteiger partial charge < -0.3 is 64.5 Å². The van der Waals surface area contributed by atoms with Crippen molar-refractivity contribution in [3.05, 3.63) is 11.1 Å². The van der Waals surface area contributed by atoms with Gasteiger partial charge in [-0.25, -0.2) is 0 Å². The van der Waals surface area contributed by atoms with Gasteiger partial charge in [-0.15, -0.1) is 0 Å². The molecule has 3 heterocycles. The SMILES string of the molecule is C[C@]12CC[C@H](O[C@H]3O[C@@H](CO)[C@@H](O)[C@@H](O)[C@H]3O[C@H]3O[C@@H](CO)[C@@H](O)[C@@H](O)[C@H]3O)C[C@@H]1CC[C@@H]1[C@@H]2CC[C@@]2(C)/C(=C3\COC(=O)C3)CC[C@]12O. The van der Waals surface area contributed by atoms with Gasteiger partial charge in [-0.1, -0.05) is 19.4 Å². The number of fused-ring (bicyclic) bond motifs is 5. The Labute approximate surface area is 285 Å². The summed E-state index contributed by atoms with van der Waals surface area (Å²) in [6, 6.07) is 0. The Morgan fingerprint density at radius 1 is 0.776 bits per heavy atom. The maximum absolute atomic E-state index is 12.5. The largest absolute Gasteiger partial charge is 0.461 e. The Hall–Kier alpha value is -1.27. The van der Waals surface area contributed by atoms with E-state index in [-0.39, 0.29) is 34.7 Å². The number of aliphatic hydroxyl groups excluding tert-OH is 7. The monoisotopic (exact) mass is 698 g/mol. The van der Waals surface area contributed by atoms with E-state index >= 15 is 0 Å². The summed E-state index contributed by atoms with van der Waals surface area (Å²) in [7, 11) is 0. The van der Waals surface area contributed by atoms with Gasteiger partial charge in [0, 0.05) is 5.41 Å². The first-order valence-electron chi connectivity index (χ1n) is 18.1. The Balaban J connectivity index is 1.06. The molecule has 0 amide bonds. The Bertz CT molecular complexity index is 1280. The summed E-state index contributed by atoms with van der Waals surface area (Å²) < 4.78 is 29.1. The zero-order valence-electron chi connectivity index (χ0n) is 28.3. The third kappa shape index (κ3) is 5.73. The predicted octanol–water partition coefficient (Wildman–Crippen LogP) is -0.603. The van der Waals surface area contributed by atoms with Crippen LogP contribution in [-0.4, -0.2) is 140 Å². The molecule has 3 aliphatic heterocycles. The molecule has 3 saturated heterocycles. The minimum atomic E-state index is -1.74. The van der Waals surface area contributed by atoms with Crippen molar-refractivity contribution >= 4 is 5.97 Å². The van der Waals surface area contributed by atoms with Crippen LogP contribution in [0.15, 0.2) is 11.1 Å². The maximum atomic E-state index is 12.5. The summed E-state index contributed by atoms with van der Waals surface area (Å²) >= 11 is 0. The summed E-state index contributed by atoms with van der Waals surface area (Å²) in [5, 5.41) is 84.8. The lowest BCUT2D eigenvalue weighted by Crippen LogP contribution is -2.65. The standard InChI is InChI=1S/C35H54O14/c1-33-8-5-18(46-32-30(28(42)26(40)23(14-37)48-32)49-31-29(43)27(41)25(39)22(13-36)47-31)12-17(33)3-4-21-20(33)6-9-34(2)19(7-10-35(21,34)44)16-11-24(38)45-15-16/h17-18,20-23,25-32,36-37,39-44H,3-15H2,1-2H3/b19-16-/t17-,18-,20-,21+,22-,23-,25+,26+,27+,28+,29+,30+,31+,32-,33-,34-,35-/m0/s1. The molecule has 49 heavy (non-hydrogen) atoms. The number of cyclic esters (lactones) is 1. The molecule has 0 aromatic carbocycles. The Morgan fingerprint density at radius 3 is 2.14 bits per heavy atom. The van der Waals surface area contributed by atoms with E-state index in [1.54, 1.807) is 0 Å². The van der Waals surface area contributed by atoms with Crippen LogP contribution in [0, 0.1) is 28.6 Å². The van der Waals surface area contributed by atoms with Crippen molar-refractivity contribution in [1.29, 1.82) is 0 Å². The summed E-state index contributed by atoms with van der Waals surface area (Å²) in [5.41, 5.74) is 1.03. The molecule has 4 aliphatic carbocycles. The Kier molecular flexibility index (Phi) is 9.80. The van der Waals surface area contributed by atoms with Crippen molar-refractivity contribution < 1.29 is 69.3 Å². The zero-order chi connectivity index (χ0) is 35.0. The summed E-state index contributed by atoms with van der Waals surface area (Å²) in [4.78, 5) is 11.9. The molecular weight excluding hydrogens is 644 g/mol. The lowest BCUT2D eigenvalue weighted by atomic mass is 9.43. The number of rotatable bonds is 6. The molecule has 0 bridgehead atoms. The number of hydrogen-bond acceptors (Lipinski definition) is 14. The highest BCUT2D eigenvalue weighted by Crippen LogP contribution is 2.69. The van der Waals surface area contributed by atoms with Gasteiger partial charge in [0.05, 0.1) is 31.3 Å². The van der Waals surface area contributed by atoms with Gasteiger partial charge >= 0.3 is 5.97 Å². The topological polar surface area (TPSA) is 225 Å². The molecule has 17 atom stereocenters. The fourth-order valence-electron chi connectivity index (χ4n) is 11.2. The minimum absolute atomic E-state index is 0.0365. The maximum Gasteiger partial charge on any atom is 0.310 e. The number of hydrogen-bond donors (Lipinski definition) is 8. The average molecular weight is 699 g/mol. The molecule has 278 valence electrons. The summed E-state index contributed by atoms with van der Waals surface area (Å²) in [6.45, 7) is 3.61. The molecule has 0 aromatic heterocycles. The predicted molar refractivity (Wildman–Crippen MR) is 167 cm³/mol. The van der Waals surface area contributed by atoms with Crippen LogP contribution in [0.2, 0.25) is 0 Å². The minimum Gasteiger partial charge on any atom is -0.461 e. The van der Waals surface area contributed by atoms with Gasteiger partial charge in [-0.05, 0) is 86.5 Å².